The van der Waals surface area contributed by atoms with Crippen molar-refractivity contribution in [2.24, 2.45) is 11.3 Å². The predicted octanol–water partition coefficient (Wildman–Crippen LogP) is 3.18. The van der Waals surface area contributed by atoms with E-state index in [1.807, 2.05) is 24.0 Å². The van der Waals surface area contributed by atoms with Crippen LogP contribution in [0.25, 0.3) is 0 Å². The Morgan fingerprint density at radius 2 is 2.07 bits per heavy atom. The van der Waals surface area contributed by atoms with Crippen LogP contribution < -0.4 is 0 Å². The van der Waals surface area contributed by atoms with Crippen LogP contribution in [0.1, 0.15) is 34.7 Å². The third kappa shape index (κ3) is 3.56. The molecule has 2 saturated heterocycles. The maximum Gasteiger partial charge on any atom is 0.257 e. The van der Waals surface area contributed by atoms with Gasteiger partial charge in [-0.3, -0.25) is 9.69 Å². The van der Waals surface area contributed by atoms with Crippen molar-refractivity contribution >= 4 is 5.91 Å². The van der Waals surface area contributed by atoms with E-state index in [-0.39, 0.29) is 11.3 Å². The first-order chi connectivity index (χ1) is 13.1. The monoisotopic (exact) mass is 372 g/mol. The van der Waals surface area contributed by atoms with Gasteiger partial charge < -0.3 is 18.5 Å². The van der Waals surface area contributed by atoms with E-state index in [0.717, 1.165) is 57.9 Å². The van der Waals surface area contributed by atoms with Crippen molar-refractivity contribution in [2.45, 2.75) is 26.3 Å². The average Bonchev–Trinajstić information content (AvgIpc) is 3.38. The summed E-state index contributed by atoms with van der Waals surface area (Å²) < 4.78 is 16.4. The van der Waals surface area contributed by atoms with Crippen LogP contribution in [0.15, 0.2) is 39.6 Å². The topological polar surface area (TPSA) is 59.1 Å². The summed E-state index contributed by atoms with van der Waals surface area (Å²) in [6, 6.07) is 5.75. The number of piperidine rings is 1. The molecule has 2 fully saturated rings. The molecule has 1 spiro atoms. The zero-order valence-electron chi connectivity index (χ0n) is 16.1. The fourth-order valence-electron chi connectivity index (χ4n) is 4.82. The molecule has 2 aromatic rings. The highest BCUT2D eigenvalue weighted by molar-refractivity contribution is 5.95. The van der Waals surface area contributed by atoms with Gasteiger partial charge in [0.05, 0.1) is 31.2 Å². The first kappa shape index (κ1) is 18.3. The van der Waals surface area contributed by atoms with Gasteiger partial charge in [-0.1, -0.05) is 0 Å². The van der Waals surface area contributed by atoms with Crippen LogP contribution in [0.3, 0.4) is 0 Å². The summed E-state index contributed by atoms with van der Waals surface area (Å²) in [6.45, 7) is 7.08. The number of amides is 1. The van der Waals surface area contributed by atoms with Crippen LogP contribution in [0.5, 0.6) is 0 Å². The van der Waals surface area contributed by atoms with Gasteiger partial charge in [-0.05, 0) is 43.4 Å². The molecule has 0 aliphatic carbocycles. The molecule has 1 atom stereocenters. The van der Waals surface area contributed by atoms with Crippen LogP contribution in [-0.2, 0) is 11.3 Å². The normalized spacial score (nSPS) is 22.6. The third-order valence-electron chi connectivity index (χ3n) is 6.35. The van der Waals surface area contributed by atoms with Crippen molar-refractivity contribution in [2.75, 3.05) is 39.9 Å². The lowest BCUT2D eigenvalue weighted by Gasteiger charge is -2.42. The number of aryl methyl sites for hydroxylation is 1. The standard InChI is InChI=1S/C21H28N2O4/c1-16-19(5-11-26-16)20(24)23-8-6-21(7-9-23)15-22(12-17(21)14-25-2)13-18-4-3-10-27-18/h3-5,10-11,17H,6-9,12-15H2,1-2H3. The smallest absolute Gasteiger partial charge is 0.257 e. The van der Waals surface area contributed by atoms with Crippen molar-refractivity contribution in [1.29, 1.82) is 0 Å². The second-order valence-electron chi connectivity index (χ2n) is 7.95. The average molecular weight is 372 g/mol. The third-order valence-corrected chi connectivity index (χ3v) is 6.35. The molecule has 2 aliphatic rings. The SMILES string of the molecule is COCC1CN(Cc2ccco2)CC12CCN(C(=O)c1ccoc1C)CC2. The van der Waals surface area contributed by atoms with Crippen molar-refractivity contribution in [1.82, 2.24) is 9.80 Å². The van der Waals surface area contributed by atoms with E-state index in [1.165, 1.54) is 0 Å². The minimum Gasteiger partial charge on any atom is -0.469 e. The van der Waals surface area contributed by atoms with E-state index >= 15 is 0 Å². The molecule has 146 valence electrons. The lowest BCUT2D eigenvalue weighted by molar-refractivity contribution is 0.0321. The van der Waals surface area contributed by atoms with E-state index < -0.39 is 0 Å². The molecule has 4 heterocycles. The van der Waals surface area contributed by atoms with E-state index in [2.05, 4.69) is 4.90 Å². The summed E-state index contributed by atoms with van der Waals surface area (Å²) in [7, 11) is 1.78. The number of likely N-dealkylation sites (tertiary alicyclic amines) is 2. The van der Waals surface area contributed by atoms with Gasteiger partial charge in [0.25, 0.3) is 5.91 Å². The predicted molar refractivity (Wildman–Crippen MR) is 100 cm³/mol. The van der Waals surface area contributed by atoms with Gasteiger partial charge in [0.2, 0.25) is 0 Å². The molecule has 0 N–H and O–H groups in total. The largest absolute Gasteiger partial charge is 0.469 e. The molecule has 6 nitrogen and oxygen atoms in total. The van der Waals surface area contributed by atoms with E-state index in [0.29, 0.717) is 17.2 Å². The van der Waals surface area contributed by atoms with Gasteiger partial charge >= 0.3 is 0 Å². The van der Waals surface area contributed by atoms with E-state index in [1.54, 1.807) is 25.7 Å². The Labute approximate surface area is 160 Å². The second kappa shape index (κ2) is 7.52. The Balaban J connectivity index is 1.43. The molecule has 2 aliphatic heterocycles. The lowest BCUT2D eigenvalue weighted by Crippen LogP contribution is -2.47. The van der Waals surface area contributed by atoms with Gasteiger partial charge in [0.15, 0.2) is 0 Å². The lowest BCUT2D eigenvalue weighted by atomic mass is 9.71. The van der Waals surface area contributed by atoms with E-state index in [9.17, 15) is 4.79 Å². The number of carbonyl (C=O) groups excluding carboxylic acids is 1. The number of furan rings is 2. The molecule has 6 heteroatoms. The van der Waals surface area contributed by atoms with Gasteiger partial charge in [-0.2, -0.15) is 0 Å². The van der Waals surface area contributed by atoms with Crippen molar-refractivity contribution in [3.8, 4) is 0 Å². The summed E-state index contributed by atoms with van der Waals surface area (Å²) in [4.78, 5) is 17.2. The molecule has 1 amide bonds. The fourth-order valence-corrected chi connectivity index (χ4v) is 4.82. The Bertz CT molecular complexity index is 759. The number of ether oxygens (including phenoxy) is 1. The van der Waals surface area contributed by atoms with Crippen molar-refractivity contribution in [3.63, 3.8) is 0 Å². The number of methoxy groups -OCH3 is 1. The van der Waals surface area contributed by atoms with Crippen LogP contribution in [0.2, 0.25) is 0 Å². The zero-order valence-corrected chi connectivity index (χ0v) is 16.1. The molecule has 0 aromatic carbocycles. The molecule has 27 heavy (non-hydrogen) atoms. The Morgan fingerprint density at radius 3 is 2.70 bits per heavy atom. The fraction of sp³-hybridized carbons (Fsp3) is 0.571. The summed E-state index contributed by atoms with van der Waals surface area (Å²) in [5.74, 6) is 2.28. The Morgan fingerprint density at radius 1 is 1.26 bits per heavy atom. The number of nitrogens with zero attached hydrogens (tertiary/aromatic N) is 2. The molecule has 1 unspecified atom stereocenters. The van der Waals surface area contributed by atoms with Crippen molar-refractivity contribution < 1.29 is 18.4 Å². The summed E-state index contributed by atoms with van der Waals surface area (Å²) in [5, 5.41) is 0. The molecular formula is C21H28N2O4. The van der Waals surface area contributed by atoms with Crippen molar-refractivity contribution in [3.05, 3.63) is 47.8 Å². The number of hydrogen-bond donors (Lipinski definition) is 0. The molecule has 2 aromatic heterocycles. The summed E-state index contributed by atoms with van der Waals surface area (Å²) in [5.41, 5.74) is 0.899. The molecule has 0 radical (unpaired) electrons. The highest BCUT2D eigenvalue weighted by Gasteiger charge is 2.48. The van der Waals surface area contributed by atoms with E-state index in [4.69, 9.17) is 13.6 Å². The first-order valence-electron chi connectivity index (χ1n) is 9.68. The minimum atomic E-state index is 0.0878. The zero-order chi connectivity index (χ0) is 18.9. The van der Waals surface area contributed by atoms with Gasteiger partial charge in [0.1, 0.15) is 11.5 Å². The first-order valence-corrected chi connectivity index (χ1v) is 9.68. The number of carbonyl (C=O) groups is 1. The maximum absolute atomic E-state index is 12.8. The van der Waals surface area contributed by atoms with Crippen LogP contribution in [0.4, 0.5) is 0 Å². The second-order valence-corrected chi connectivity index (χ2v) is 7.95. The highest BCUT2D eigenvalue weighted by atomic mass is 16.5. The Hall–Kier alpha value is -2.05. The van der Waals surface area contributed by atoms with Gasteiger partial charge in [-0.15, -0.1) is 0 Å². The quantitative estimate of drug-likeness (QED) is 0.807. The van der Waals surface area contributed by atoms with Gasteiger partial charge in [0, 0.05) is 39.2 Å². The molecular weight excluding hydrogens is 344 g/mol. The van der Waals surface area contributed by atoms with Crippen LogP contribution >= 0.6 is 0 Å². The summed E-state index contributed by atoms with van der Waals surface area (Å²) in [6.07, 6.45) is 5.35. The molecule has 4 rings (SSSR count). The highest BCUT2D eigenvalue weighted by Crippen LogP contribution is 2.45. The Kier molecular flexibility index (Phi) is 5.10. The number of hydrogen-bond acceptors (Lipinski definition) is 5. The summed E-state index contributed by atoms with van der Waals surface area (Å²) >= 11 is 0. The molecule has 0 saturated carbocycles. The van der Waals surface area contributed by atoms with Crippen LogP contribution in [0, 0.1) is 18.3 Å². The van der Waals surface area contributed by atoms with Gasteiger partial charge in [-0.25, -0.2) is 0 Å². The maximum atomic E-state index is 12.8. The molecule has 0 bridgehead atoms. The van der Waals surface area contributed by atoms with Crippen LogP contribution in [-0.4, -0.2) is 55.6 Å². The number of rotatable bonds is 5. The minimum absolute atomic E-state index is 0.0878.